The van der Waals surface area contributed by atoms with Gasteiger partial charge in [0.1, 0.15) is 11.5 Å². The summed E-state index contributed by atoms with van der Waals surface area (Å²) in [5, 5.41) is 3.44. The van der Waals surface area contributed by atoms with Crippen molar-refractivity contribution in [3.8, 4) is 11.5 Å². The summed E-state index contributed by atoms with van der Waals surface area (Å²) in [5.74, 6) is 2.73. The fourth-order valence-corrected chi connectivity index (χ4v) is 3.44. The summed E-state index contributed by atoms with van der Waals surface area (Å²) in [6.45, 7) is 1.63. The van der Waals surface area contributed by atoms with Gasteiger partial charge >= 0.3 is 0 Å². The molecule has 1 fully saturated rings. The van der Waals surface area contributed by atoms with Gasteiger partial charge in [0, 0.05) is 12.2 Å². The van der Waals surface area contributed by atoms with E-state index in [1.807, 2.05) is 12.1 Å². The van der Waals surface area contributed by atoms with Crippen molar-refractivity contribution >= 4 is 5.69 Å². The lowest BCUT2D eigenvalue weighted by atomic mass is 9.87. The normalized spacial score (nSPS) is 14.9. The van der Waals surface area contributed by atoms with E-state index in [1.54, 1.807) is 7.11 Å². The molecule has 2 aromatic carbocycles. The van der Waals surface area contributed by atoms with E-state index in [1.165, 1.54) is 44.1 Å². The van der Waals surface area contributed by atoms with Gasteiger partial charge in [-0.25, -0.2) is 0 Å². The van der Waals surface area contributed by atoms with Gasteiger partial charge in [-0.05, 0) is 54.3 Å². The first kappa shape index (κ1) is 17.7. The Morgan fingerprint density at radius 2 is 1.56 bits per heavy atom. The van der Waals surface area contributed by atoms with Gasteiger partial charge < -0.3 is 14.8 Å². The van der Waals surface area contributed by atoms with Gasteiger partial charge in [0.15, 0.2) is 0 Å². The van der Waals surface area contributed by atoms with Gasteiger partial charge in [0.25, 0.3) is 0 Å². The second kappa shape index (κ2) is 9.36. The zero-order valence-corrected chi connectivity index (χ0v) is 15.2. The Hall–Kier alpha value is -2.16. The highest BCUT2D eigenvalue weighted by Gasteiger charge is 2.13. The minimum absolute atomic E-state index is 0.797. The molecule has 3 heteroatoms. The summed E-state index contributed by atoms with van der Waals surface area (Å²) in [5.41, 5.74) is 2.34. The first-order valence-corrected chi connectivity index (χ1v) is 9.43. The monoisotopic (exact) mass is 339 g/mol. The number of anilines is 1. The predicted octanol–water partition coefficient (Wildman–Crippen LogP) is 5.66. The van der Waals surface area contributed by atoms with Crippen molar-refractivity contribution in [3.05, 3.63) is 54.1 Å². The molecule has 25 heavy (non-hydrogen) atoms. The van der Waals surface area contributed by atoms with E-state index in [9.17, 15) is 0 Å². The molecule has 134 valence electrons. The summed E-state index contributed by atoms with van der Waals surface area (Å²) in [4.78, 5) is 0. The van der Waals surface area contributed by atoms with Crippen molar-refractivity contribution in [2.75, 3.05) is 19.0 Å². The molecule has 1 aliphatic rings. The third-order valence-electron chi connectivity index (χ3n) is 5.03. The molecular weight excluding hydrogens is 310 g/mol. The van der Waals surface area contributed by atoms with Crippen LogP contribution in [0.4, 0.5) is 5.69 Å². The van der Waals surface area contributed by atoms with Crippen molar-refractivity contribution in [3.63, 3.8) is 0 Å². The van der Waals surface area contributed by atoms with E-state index < -0.39 is 0 Å². The number of rotatable bonds is 8. The zero-order chi connectivity index (χ0) is 17.3. The van der Waals surface area contributed by atoms with Crippen LogP contribution in [0.1, 0.15) is 44.1 Å². The Morgan fingerprint density at radius 1 is 0.880 bits per heavy atom. The topological polar surface area (TPSA) is 30.5 Å². The van der Waals surface area contributed by atoms with Crippen molar-refractivity contribution in [1.29, 1.82) is 0 Å². The van der Waals surface area contributed by atoms with Crippen molar-refractivity contribution in [2.24, 2.45) is 5.92 Å². The van der Waals surface area contributed by atoms with Crippen LogP contribution in [0.3, 0.4) is 0 Å². The lowest BCUT2D eigenvalue weighted by Crippen LogP contribution is -2.10. The highest BCUT2D eigenvalue weighted by atomic mass is 16.5. The van der Waals surface area contributed by atoms with Crippen LogP contribution in [0.25, 0.3) is 0 Å². The third-order valence-corrected chi connectivity index (χ3v) is 5.03. The van der Waals surface area contributed by atoms with Crippen molar-refractivity contribution in [2.45, 2.75) is 45.1 Å². The van der Waals surface area contributed by atoms with Gasteiger partial charge in [-0.15, -0.1) is 0 Å². The summed E-state index contributed by atoms with van der Waals surface area (Å²) in [7, 11) is 1.69. The number of ether oxygens (including phenoxy) is 2. The van der Waals surface area contributed by atoms with Crippen LogP contribution in [-0.4, -0.2) is 13.7 Å². The van der Waals surface area contributed by atoms with Gasteiger partial charge in [-0.3, -0.25) is 0 Å². The Morgan fingerprint density at radius 3 is 2.24 bits per heavy atom. The maximum atomic E-state index is 5.91. The fourth-order valence-electron chi connectivity index (χ4n) is 3.44. The first-order valence-electron chi connectivity index (χ1n) is 9.43. The molecule has 0 amide bonds. The summed E-state index contributed by atoms with van der Waals surface area (Å²) in [6, 6.07) is 16.4. The number of hydrogen-bond donors (Lipinski definition) is 1. The van der Waals surface area contributed by atoms with Crippen LogP contribution < -0.4 is 14.8 Å². The molecule has 0 unspecified atom stereocenters. The zero-order valence-electron chi connectivity index (χ0n) is 15.2. The molecule has 0 aliphatic heterocycles. The van der Waals surface area contributed by atoms with Crippen molar-refractivity contribution in [1.82, 2.24) is 0 Å². The molecule has 0 bridgehead atoms. The number of methoxy groups -OCH3 is 1. The second-order valence-corrected chi connectivity index (χ2v) is 6.87. The third kappa shape index (κ3) is 5.70. The Labute approximate surface area is 151 Å². The van der Waals surface area contributed by atoms with Crippen LogP contribution in [0.15, 0.2) is 48.5 Å². The molecule has 3 rings (SSSR count). The van der Waals surface area contributed by atoms with Crippen LogP contribution in [0, 0.1) is 5.92 Å². The standard InChI is InChI=1S/C22H29NO2/c1-24-21-11-7-19(8-12-21)17-23-20-9-13-22(14-10-20)25-16-15-18-5-3-2-4-6-18/h7-14,18,23H,2-6,15-17H2,1H3. The fraction of sp³-hybridized carbons (Fsp3) is 0.455. The minimum atomic E-state index is 0.797. The maximum absolute atomic E-state index is 5.91. The van der Waals surface area contributed by atoms with E-state index in [4.69, 9.17) is 9.47 Å². The highest BCUT2D eigenvalue weighted by molar-refractivity contribution is 5.47. The number of nitrogens with one attached hydrogen (secondary N) is 1. The molecule has 2 aromatic rings. The maximum Gasteiger partial charge on any atom is 0.119 e. The molecule has 1 saturated carbocycles. The van der Waals surface area contributed by atoms with Gasteiger partial charge in [-0.2, -0.15) is 0 Å². The van der Waals surface area contributed by atoms with E-state index in [-0.39, 0.29) is 0 Å². The number of benzene rings is 2. The first-order chi connectivity index (χ1) is 12.3. The van der Waals surface area contributed by atoms with Gasteiger partial charge in [0.05, 0.1) is 13.7 Å². The van der Waals surface area contributed by atoms with Crippen LogP contribution in [-0.2, 0) is 6.54 Å². The lowest BCUT2D eigenvalue weighted by molar-refractivity contribution is 0.246. The quantitative estimate of drug-likeness (QED) is 0.673. The molecule has 1 N–H and O–H groups in total. The second-order valence-electron chi connectivity index (χ2n) is 6.87. The van der Waals surface area contributed by atoms with Crippen LogP contribution >= 0.6 is 0 Å². The average molecular weight is 339 g/mol. The lowest BCUT2D eigenvalue weighted by Gasteiger charge is -2.21. The Bertz CT molecular complexity index is 615. The summed E-state index contributed by atoms with van der Waals surface area (Å²) < 4.78 is 11.1. The molecule has 0 heterocycles. The molecule has 0 spiro atoms. The van der Waals surface area contributed by atoms with Crippen LogP contribution in [0.2, 0.25) is 0 Å². The minimum Gasteiger partial charge on any atom is -0.497 e. The smallest absolute Gasteiger partial charge is 0.119 e. The molecule has 0 aromatic heterocycles. The van der Waals surface area contributed by atoms with Crippen LogP contribution in [0.5, 0.6) is 11.5 Å². The highest BCUT2D eigenvalue weighted by Crippen LogP contribution is 2.26. The molecule has 1 aliphatic carbocycles. The number of hydrogen-bond acceptors (Lipinski definition) is 3. The summed E-state index contributed by atoms with van der Waals surface area (Å²) in [6.07, 6.45) is 8.19. The Kier molecular flexibility index (Phi) is 6.61. The predicted molar refractivity (Wildman–Crippen MR) is 103 cm³/mol. The Balaban J connectivity index is 1.40. The largest absolute Gasteiger partial charge is 0.497 e. The molecule has 3 nitrogen and oxygen atoms in total. The SMILES string of the molecule is COc1ccc(CNc2ccc(OCCC3CCCCC3)cc2)cc1. The van der Waals surface area contributed by atoms with Gasteiger partial charge in [0.2, 0.25) is 0 Å². The molecular formula is C22H29NO2. The average Bonchev–Trinajstić information content (AvgIpc) is 2.68. The van der Waals surface area contributed by atoms with E-state index in [0.717, 1.165) is 36.3 Å². The van der Waals surface area contributed by atoms with E-state index in [2.05, 4.69) is 41.7 Å². The van der Waals surface area contributed by atoms with Crippen molar-refractivity contribution < 1.29 is 9.47 Å². The molecule has 0 radical (unpaired) electrons. The van der Waals surface area contributed by atoms with E-state index >= 15 is 0 Å². The molecule has 0 saturated heterocycles. The summed E-state index contributed by atoms with van der Waals surface area (Å²) >= 11 is 0. The van der Waals surface area contributed by atoms with E-state index in [0.29, 0.717) is 0 Å². The van der Waals surface area contributed by atoms with Gasteiger partial charge in [-0.1, -0.05) is 44.2 Å². The molecule has 0 atom stereocenters.